The van der Waals surface area contributed by atoms with Gasteiger partial charge in [-0.2, -0.15) is 0 Å². The third-order valence-electron chi connectivity index (χ3n) is 2.23. The Morgan fingerprint density at radius 3 is 1.54 bits per heavy atom. The van der Waals surface area contributed by atoms with E-state index in [0.717, 1.165) is 11.8 Å². The highest BCUT2D eigenvalue weighted by atomic mass is 31.1. The molecule has 0 aromatic rings. The summed E-state index contributed by atoms with van der Waals surface area (Å²) in [6, 6.07) is 0. The molecule has 13 heavy (non-hydrogen) atoms. The highest BCUT2D eigenvalue weighted by Gasteiger charge is 2.20. The molecule has 0 rings (SSSR count). The van der Waals surface area contributed by atoms with Gasteiger partial charge in [-0.1, -0.05) is 55.1 Å². The van der Waals surface area contributed by atoms with Crippen LogP contribution in [0.5, 0.6) is 0 Å². The zero-order chi connectivity index (χ0) is 10.4. The van der Waals surface area contributed by atoms with Crippen LogP contribution < -0.4 is 0 Å². The predicted octanol–water partition coefficient (Wildman–Crippen LogP) is 4.07. The first-order valence-electron chi connectivity index (χ1n) is 5.56. The zero-order valence-electron chi connectivity index (χ0n) is 10.3. The van der Waals surface area contributed by atoms with Crippen molar-refractivity contribution >= 4 is 22.1 Å². The highest BCUT2D eigenvalue weighted by Crippen LogP contribution is 2.29. The van der Waals surface area contributed by atoms with Crippen molar-refractivity contribution in [3.8, 4) is 0 Å². The summed E-state index contributed by atoms with van der Waals surface area (Å²) in [7, 11) is 0.361. The van der Waals surface area contributed by atoms with Crippen molar-refractivity contribution < 1.29 is 0 Å². The molecule has 0 atom stereocenters. The summed E-state index contributed by atoms with van der Waals surface area (Å²) in [5, 5.41) is 4.75. The van der Waals surface area contributed by atoms with E-state index in [1.807, 2.05) is 0 Å². The summed E-state index contributed by atoms with van der Waals surface area (Å²) in [5.41, 5.74) is 0. The molecule has 0 spiro atoms. The van der Waals surface area contributed by atoms with E-state index in [4.69, 9.17) is 0 Å². The second-order valence-electron chi connectivity index (χ2n) is 5.39. The molecule has 0 nitrogen and oxygen atoms in total. The summed E-state index contributed by atoms with van der Waals surface area (Å²) in [6.45, 7) is 14.4. The van der Waals surface area contributed by atoms with E-state index in [1.165, 1.54) is 0 Å². The highest BCUT2D eigenvalue weighted by molar-refractivity contribution is 7.58. The van der Waals surface area contributed by atoms with Gasteiger partial charge in [-0.25, -0.2) is 0 Å². The molecule has 0 saturated heterocycles. The van der Waals surface area contributed by atoms with Crippen LogP contribution >= 0.6 is 7.92 Å². The van der Waals surface area contributed by atoms with Crippen molar-refractivity contribution in [1.29, 1.82) is 0 Å². The van der Waals surface area contributed by atoms with E-state index in [9.17, 15) is 0 Å². The lowest BCUT2D eigenvalue weighted by Crippen LogP contribution is -2.21. The fourth-order valence-electron chi connectivity index (χ4n) is 2.10. The Bertz CT molecular complexity index is 97.5. The maximum atomic E-state index is 2.44. The smallest absolute Gasteiger partial charge is 0.126 e. The summed E-state index contributed by atoms with van der Waals surface area (Å²) in [6.07, 6.45) is 0. The molecule has 0 fully saturated rings. The largest absolute Gasteiger partial charge is 0.267 e. The molecule has 0 aromatic heterocycles. The van der Waals surface area contributed by atoms with Gasteiger partial charge in [-0.05, 0) is 13.3 Å². The van der Waals surface area contributed by atoms with Crippen LogP contribution in [-0.2, 0) is 0 Å². The monoisotopic (exact) mass is 216 g/mol. The Morgan fingerprint density at radius 1 is 0.923 bits per heavy atom. The normalized spacial score (nSPS) is 11.8. The van der Waals surface area contributed by atoms with Crippen molar-refractivity contribution in [2.24, 2.45) is 11.8 Å². The first kappa shape index (κ1) is 14.0. The van der Waals surface area contributed by atoms with Crippen LogP contribution in [0.15, 0.2) is 0 Å². The molecule has 0 radical (unpaired) electrons. The van der Waals surface area contributed by atoms with Crippen LogP contribution in [0.25, 0.3) is 0 Å². The van der Waals surface area contributed by atoms with E-state index < -0.39 is 0 Å². The quantitative estimate of drug-likeness (QED) is 0.463. The van der Waals surface area contributed by atoms with E-state index in [-0.39, 0.29) is 14.1 Å². The standard InChI is InChI=1S/2C4H9.C3H8P.Al/c3*1-4(2)3;/h2*4H,1H2,2-3H3;1H2,2-3H3;. The number of hydrogen-bond donors (Lipinski definition) is 0. The molecular formula is C11H26AlP. The van der Waals surface area contributed by atoms with E-state index in [1.54, 1.807) is 15.6 Å². The first-order valence-corrected chi connectivity index (χ1v) is 10.4. The number of hydrogen-bond acceptors (Lipinski definition) is 0. The van der Waals surface area contributed by atoms with E-state index >= 15 is 0 Å². The molecule has 0 aromatic carbocycles. The summed E-state index contributed by atoms with van der Waals surface area (Å²) in [4.78, 5) is 0. The Kier molecular flexibility index (Phi) is 7.82. The SMILES string of the molecule is CC(C)[CH2][Al]([CH2]C(C)C)[CH2]P(C)C. The molecular weight excluding hydrogens is 190 g/mol. The minimum absolute atomic E-state index is 0.361. The fourth-order valence-corrected chi connectivity index (χ4v) is 10.3. The van der Waals surface area contributed by atoms with Crippen LogP contribution in [0.1, 0.15) is 27.7 Å². The molecule has 0 heterocycles. The van der Waals surface area contributed by atoms with Gasteiger partial charge in [0.25, 0.3) is 14.1 Å². The molecule has 0 saturated carbocycles. The average molecular weight is 216 g/mol. The first-order chi connectivity index (χ1) is 5.91. The van der Waals surface area contributed by atoms with Gasteiger partial charge in [-0.15, -0.1) is 7.92 Å². The van der Waals surface area contributed by atoms with Crippen LogP contribution in [0.3, 0.4) is 0 Å². The Balaban J connectivity index is 3.87. The Morgan fingerprint density at radius 2 is 1.31 bits per heavy atom. The average Bonchev–Trinajstić information content (AvgIpc) is 1.80. The van der Waals surface area contributed by atoms with Crippen LogP contribution in [0.2, 0.25) is 10.6 Å². The van der Waals surface area contributed by atoms with Crippen LogP contribution in [-0.4, -0.2) is 32.5 Å². The van der Waals surface area contributed by atoms with Crippen molar-refractivity contribution in [2.75, 3.05) is 18.4 Å². The molecule has 0 unspecified atom stereocenters. The minimum Gasteiger partial charge on any atom is -0.126 e. The minimum atomic E-state index is -0.379. The van der Waals surface area contributed by atoms with Crippen molar-refractivity contribution in [3.05, 3.63) is 0 Å². The third-order valence-corrected chi connectivity index (χ3v) is 10.4. The second-order valence-corrected chi connectivity index (χ2v) is 11.7. The molecule has 2 heteroatoms. The van der Waals surface area contributed by atoms with E-state index in [2.05, 4.69) is 41.0 Å². The lowest BCUT2D eigenvalue weighted by molar-refractivity contribution is 0.691. The summed E-state index contributed by atoms with van der Waals surface area (Å²) in [5.74, 6) is 1.87. The van der Waals surface area contributed by atoms with Crippen LogP contribution in [0.4, 0.5) is 0 Å². The van der Waals surface area contributed by atoms with Gasteiger partial charge < -0.3 is 0 Å². The van der Waals surface area contributed by atoms with Gasteiger partial charge in [0, 0.05) is 0 Å². The lowest BCUT2D eigenvalue weighted by Gasteiger charge is -2.18. The molecule has 0 amide bonds. The maximum Gasteiger partial charge on any atom is 0.267 e. The molecule has 0 aliphatic carbocycles. The van der Waals surface area contributed by atoms with Gasteiger partial charge in [0.2, 0.25) is 0 Å². The van der Waals surface area contributed by atoms with Gasteiger partial charge in [0.1, 0.15) is 0 Å². The molecule has 0 bridgehead atoms. The lowest BCUT2D eigenvalue weighted by atomic mass is 10.3. The summed E-state index contributed by atoms with van der Waals surface area (Å²) >= 11 is -0.379. The Hall–Kier alpha value is 0.962. The van der Waals surface area contributed by atoms with E-state index in [0.29, 0.717) is 7.92 Å². The van der Waals surface area contributed by atoms with Crippen LogP contribution in [0, 0.1) is 11.8 Å². The van der Waals surface area contributed by atoms with Crippen molar-refractivity contribution in [2.45, 2.75) is 38.3 Å². The van der Waals surface area contributed by atoms with Crippen molar-refractivity contribution in [3.63, 3.8) is 0 Å². The predicted molar refractivity (Wildman–Crippen MR) is 68.7 cm³/mol. The van der Waals surface area contributed by atoms with Crippen molar-refractivity contribution in [1.82, 2.24) is 0 Å². The van der Waals surface area contributed by atoms with Gasteiger partial charge in [0.05, 0.1) is 0 Å². The second kappa shape index (κ2) is 7.28. The zero-order valence-corrected chi connectivity index (χ0v) is 12.3. The number of rotatable bonds is 6. The molecule has 0 aliphatic heterocycles. The van der Waals surface area contributed by atoms with Gasteiger partial charge >= 0.3 is 0 Å². The van der Waals surface area contributed by atoms with Gasteiger partial charge in [0.15, 0.2) is 0 Å². The maximum absolute atomic E-state index is 2.44. The molecule has 0 N–H and O–H groups in total. The molecule has 0 aliphatic rings. The topological polar surface area (TPSA) is 0 Å². The Labute approximate surface area is 90.6 Å². The summed E-state index contributed by atoms with van der Waals surface area (Å²) < 4.78 is 0. The molecule has 78 valence electrons. The van der Waals surface area contributed by atoms with Gasteiger partial charge in [-0.3, -0.25) is 0 Å². The third kappa shape index (κ3) is 9.27. The fraction of sp³-hybridized carbons (Fsp3) is 1.00.